The van der Waals surface area contributed by atoms with Crippen molar-refractivity contribution >= 4 is 0 Å². The predicted octanol–water partition coefficient (Wildman–Crippen LogP) is 4.85. The number of hydrogen-bond acceptors (Lipinski definition) is 2. The number of rotatable bonds is 7. The average molecular weight is 284 g/mol. The van der Waals surface area contributed by atoms with Gasteiger partial charge in [0.25, 0.3) is 0 Å². The molecule has 0 aromatic heterocycles. The molecule has 0 saturated carbocycles. The van der Waals surface area contributed by atoms with E-state index in [4.69, 9.17) is 9.47 Å². The molecule has 2 heteroatoms. The van der Waals surface area contributed by atoms with E-state index < -0.39 is 0 Å². The minimum Gasteiger partial charge on any atom is -0.494 e. The van der Waals surface area contributed by atoms with Gasteiger partial charge in [-0.1, -0.05) is 23.8 Å². The summed E-state index contributed by atoms with van der Waals surface area (Å²) in [5.74, 6) is 1.91. The van der Waals surface area contributed by atoms with Crippen LogP contribution in [0.4, 0.5) is 0 Å². The van der Waals surface area contributed by atoms with Gasteiger partial charge in [0.05, 0.1) is 13.2 Å². The molecule has 112 valence electrons. The highest BCUT2D eigenvalue weighted by atomic mass is 16.5. The van der Waals surface area contributed by atoms with E-state index in [2.05, 4.69) is 51.1 Å². The third-order valence-electron chi connectivity index (χ3n) is 3.29. The smallest absolute Gasteiger partial charge is 0.119 e. The van der Waals surface area contributed by atoms with Gasteiger partial charge >= 0.3 is 0 Å². The van der Waals surface area contributed by atoms with Crippen LogP contribution in [0.15, 0.2) is 42.5 Å². The summed E-state index contributed by atoms with van der Waals surface area (Å²) in [6, 6.07) is 14.5. The maximum atomic E-state index is 5.78. The van der Waals surface area contributed by atoms with E-state index in [9.17, 15) is 0 Å². The lowest BCUT2D eigenvalue weighted by Crippen LogP contribution is -2.02. The van der Waals surface area contributed by atoms with Crippen LogP contribution in [0.25, 0.3) is 0 Å². The summed E-state index contributed by atoms with van der Waals surface area (Å²) < 4.78 is 11.5. The van der Waals surface area contributed by atoms with Gasteiger partial charge in [-0.15, -0.1) is 0 Å². The number of aryl methyl sites for hydroxylation is 3. The van der Waals surface area contributed by atoms with Crippen LogP contribution in [0, 0.1) is 20.8 Å². The van der Waals surface area contributed by atoms with E-state index in [0.29, 0.717) is 0 Å². The standard InChI is InChI=1S/C19H24O2/c1-15-6-8-18(9-7-15)20-10-4-5-11-21-19-13-16(2)12-17(3)14-19/h6-9,12-14H,4-5,10-11H2,1-3H3. The molecule has 0 saturated heterocycles. The molecular formula is C19H24O2. The van der Waals surface area contributed by atoms with Crippen molar-refractivity contribution in [1.82, 2.24) is 0 Å². The Morgan fingerprint density at radius 1 is 0.619 bits per heavy atom. The fraction of sp³-hybridized carbons (Fsp3) is 0.368. The van der Waals surface area contributed by atoms with Crippen molar-refractivity contribution in [2.24, 2.45) is 0 Å². The van der Waals surface area contributed by atoms with Crippen molar-refractivity contribution in [2.75, 3.05) is 13.2 Å². The number of ether oxygens (including phenoxy) is 2. The normalized spacial score (nSPS) is 10.4. The quantitative estimate of drug-likeness (QED) is 0.677. The van der Waals surface area contributed by atoms with Crippen LogP contribution in [-0.2, 0) is 0 Å². The van der Waals surface area contributed by atoms with E-state index in [0.717, 1.165) is 37.6 Å². The second kappa shape index (κ2) is 7.72. The van der Waals surface area contributed by atoms with Gasteiger partial charge in [-0.05, 0) is 69.0 Å². The SMILES string of the molecule is Cc1ccc(OCCCCOc2cc(C)cc(C)c2)cc1. The Balaban J connectivity index is 1.62. The Morgan fingerprint density at radius 2 is 1.14 bits per heavy atom. The first-order chi connectivity index (χ1) is 10.1. The second-order valence-electron chi connectivity index (χ2n) is 5.54. The van der Waals surface area contributed by atoms with Crippen molar-refractivity contribution in [3.63, 3.8) is 0 Å². The van der Waals surface area contributed by atoms with Crippen molar-refractivity contribution in [1.29, 1.82) is 0 Å². The van der Waals surface area contributed by atoms with Crippen LogP contribution in [0.1, 0.15) is 29.5 Å². The third kappa shape index (κ3) is 5.50. The summed E-state index contributed by atoms with van der Waals surface area (Å²) in [4.78, 5) is 0. The lowest BCUT2D eigenvalue weighted by atomic mass is 10.1. The molecule has 0 aliphatic carbocycles. The minimum atomic E-state index is 0.735. The molecule has 0 aliphatic heterocycles. The van der Waals surface area contributed by atoms with E-state index in [-0.39, 0.29) is 0 Å². The Morgan fingerprint density at radius 3 is 1.71 bits per heavy atom. The number of hydrogen-bond donors (Lipinski definition) is 0. The summed E-state index contributed by atoms with van der Waals surface area (Å²) in [5.41, 5.74) is 3.74. The zero-order valence-electron chi connectivity index (χ0n) is 13.2. The van der Waals surface area contributed by atoms with Gasteiger partial charge in [0.15, 0.2) is 0 Å². The highest BCUT2D eigenvalue weighted by Crippen LogP contribution is 2.16. The molecule has 2 rings (SSSR count). The Bertz CT molecular complexity index is 538. The zero-order chi connectivity index (χ0) is 15.1. The largest absolute Gasteiger partial charge is 0.494 e. The van der Waals surface area contributed by atoms with Gasteiger partial charge in [0.1, 0.15) is 11.5 Å². The van der Waals surface area contributed by atoms with Crippen molar-refractivity contribution in [2.45, 2.75) is 33.6 Å². The van der Waals surface area contributed by atoms with Crippen molar-refractivity contribution in [3.8, 4) is 11.5 Å². The van der Waals surface area contributed by atoms with Crippen LogP contribution >= 0.6 is 0 Å². The van der Waals surface area contributed by atoms with Gasteiger partial charge in [0.2, 0.25) is 0 Å². The fourth-order valence-corrected chi connectivity index (χ4v) is 2.23. The lowest BCUT2D eigenvalue weighted by Gasteiger charge is -2.09. The molecule has 0 atom stereocenters. The Kier molecular flexibility index (Phi) is 5.68. The molecule has 21 heavy (non-hydrogen) atoms. The van der Waals surface area contributed by atoms with Crippen molar-refractivity contribution in [3.05, 3.63) is 59.2 Å². The molecule has 0 spiro atoms. The van der Waals surface area contributed by atoms with Crippen LogP contribution in [-0.4, -0.2) is 13.2 Å². The summed E-state index contributed by atoms with van der Waals surface area (Å²) >= 11 is 0. The first-order valence-electron chi connectivity index (χ1n) is 7.54. The first-order valence-corrected chi connectivity index (χ1v) is 7.54. The Labute approximate surface area is 127 Å². The van der Waals surface area contributed by atoms with Gasteiger partial charge in [-0.3, -0.25) is 0 Å². The average Bonchev–Trinajstić information content (AvgIpc) is 2.43. The summed E-state index contributed by atoms with van der Waals surface area (Å²) in [6.45, 7) is 7.73. The molecule has 0 fully saturated rings. The summed E-state index contributed by atoms with van der Waals surface area (Å²) in [6.07, 6.45) is 2.00. The van der Waals surface area contributed by atoms with E-state index in [1.54, 1.807) is 0 Å². The van der Waals surface area contributed by atoms with Gasteiger partial charge < -0.3 is 9.47 Å². The fourth-order valence-electron chi connectivity index (χ4n) is 2.23. The third-order valence-corrected chi connectivity index (χ3v) is 3.29. The van der Waals surface area contributed by atoms with Crippen LogP contribution < -0.4 is 9.47 Å². The summed E-state index contributed by atoms with van der Waals surface area (Å²) in [5, 5.41) is 0. The highest BCUT2D eigenvalue weighted by Gasteiger charge is 1.98. The Hall–Kier alpha value is -1.96. The molecule has 0 radical (unpaired) electrons. The highest BCUT2D eigenvalue weighted by molar-refractivity contribution is 5.33. The van der Waals surface area contributed by atoms with E-state index in [1.807, 2.05) is 12.1 Å². The monoisotopic (exact) mass is 284 g/mol. The predicted molar refractivity (Wildman–Crippen MR) is 87.3 cm³/mol. The molecule has 0 amide bonds. The van der Waals surface area contributed by atoms with Crippen LogP contribution in [0.5, 0.6) is 11.5 Å². The number of benzene rings is 2. The molecule has 2 aromatic rings. The molecule has 0 heterocycles. The van der Waals surface area contributed by atoms with Crippen LogP contribution in [0.3, 0.4) is 0 Å². The topological polar surface area (TPSA) is 18.5 Å². The molecular weight excluding hydrogens is 260 g/mol. The van der Waals surface area contributed by atoms with Crippen molar-refractivity contribution < 1.29 is 9.47 Å². The molecule has 0 unspecified atom stereocenters. The minimum absolute atomic E-state index is 0.735. The number of unbranched alkanes of at least 4 members (excludes halogenated alkanes) is 1. The van der Waals surface area contributed by atoms with Crippen LogP contribution in [0.2, 0.25) is 0 Å². The summed E-state index contributed by atoms with van der Waals surface area (Å²) in [7, 11) is 0. The van der Waals surface area contributed by atoms with E-state index in [1.165, 1.54) is 16.7 Å². The zero-order valence-corrected chi connectivity index (χ0v) is 13.2. The first kappa shape index (κ1) is 15.4. The molecule has 2 aromatic carbocycles. The molecule has 0 N–H and O–H groups in total. The molecule has 2 nitrogen and oxygen atoms in total. The lowest BCUT2D eigenvalue weighted by molar-refractivity contribution is 0.266. The second-order valence-corrected chi connectivity index (χ2v) is 5.54. The van der Waals surface area contributed by atoms with Gasteiger partial charge in [0, 0.05) is 0 Å². The molecule has 0 aliphatic rings. The maximum absolute atomic E-state index is 5.78. The van der Waals surface area contributed by atoms with E-state index >= 15 is 0 Å². The van der Waals surface area contributed by atoms with Gasteiger partial charge in [-0.25, -0.2) is 0 Å². The van der Waals surface area contributed by atoms with Gasteiger partial charge in [-0.2, -0.15) is 0 Å². The maximum Gasteiger partial charge on any atom is 0.119 e. The molecule has 0 bridgehead atoms.